The summed E-state index contributed by atoms with van der Waals surface area (Å²) < 4.78 is 16.2. The van der Waals surface area contributed by atoms with Gasteiger partial charge in [-0.1, -0.05) is 6.58 Å². The van der Waals surface area contributed by atoms with Crippen molar-refractivity contribution in [3.63, 3.8) is 0 Å². The van der Waals surface area contributed by atoms with Crippen molar-refractivity contribution in [1.29, 1.82) is 0 Å². The first-order valence-corrected chi connectivity index (χ1v) is 7.55. The summed E-state index contributed by atoms with van der Waals surface area (Å²) in [5.74, 6) is -0.128. The van der Waals surface area contributed by atoms with Gasteiger partial charge in [0.05, 0.1) is 6.04 Å². The van der Waals surface area contributed by atoms with Gasteiger partial charge in [-0.2, -0.15) is 0 Å². The molecule has 0 amide bonds. The molecule has 0 rings (SSSR count). The van der Waals surface area contributed by atoms with E-state index in [0.717, 1.165) is 0 Å². The van der Waals surface area contributed by atoms with Gasteiger partial charge in [0.2, 0.25) is 0 Å². The van der Waals surface area contributed by atoms with Crippen LogP contribution in [0, 0.1) is 0 Å². The molecule has 1 unspecified atom stereocenters. The van der Waals surface area contributed by atoms with Crippen LogP contribution in [0.2, 0.25) is 6.04 Å². The molecule has 1 atom stereocenters. The maximum absolute atomic E-state index is 11.6. The molecule has 0 aromatic carbocycles. The first-order chi connectivity index (χ1) is 7.92. The van der Waals surface area contributed by atoms with E-state index in [1.165, 1.54) is 0 Å². The first-order valence-electron chi connectivity index (χ1n) is 5.62. The van der Waals surface area contributed by atoms with Crippen molar-refractivity contribution in [2.24, 2.45) is 5.73 Å². The van der Waals surface area contributed by atoms with Crippen LogP contribution >= 0.6 is 0 Å². The number of hydrogen-bond donors (Lipinski definition) is 1. The van der Waals surface area contributed by atoms with Gasteiger partial charge in [-0.05, 0) is 25.8 Å². The third-order valence-electron chi connectivity index (χ3n) is 2.51. The third kappa shape index (κ3) is 5.09. The minimum absolute atomic E-state index is 0.128. The smallest absolute Gasteiger partial charge is 0.377 e. The molecule has 0 aliphatic heterocycles. The number of Topliss-reactive ketones (excluding diaryl/α,β-unsaturated/α-hetero) is 1. The van der Waals surface area contributed by atoms with Crippen LogP contribution in [0.25, 0.3) is 0 Å². The fraction of sp³-hybridized carbons (Fsp3) is 0.727. The Kier molecular flexibility index (Phi) is 7.49. The zero-order valence-electron chi connectivity index (χ0n) is 11.1. The molecule has 0 aliphatic rings. The van der Waals surface area contributed by atoms with Crippen molar-refractivity contribution >= 4 is 14.6 Å². The number of carbonyl (C=O) groups is 1. The summed E-state index contributed by atoms with van der Waals surface area (Å²) in [5.41, 5.74) is 6.24. The molecule has 0 aliphatic carbocycles. The molecule has 0 heterocycles. The van der Waals surface area contributed by atoms with E-state index in [9.17, 15) is 4.79 Å². The summed E-state index contributed by atoms with van der Waals surface area (Å²) in [5, 5.41) is 0. The monoisotopic (exact) mass is 261 g/mol. The quantitative estimate of drug-likeness (QED) is 0.497. The van der Waals surface area contributed by atoms with Gasteiger partial charge in [0.1, 0.15) is 0 Å². The molecule has 17 heavy (non-hydrogen) atoms. The Balaban J connectivity index is 4.40. The van der Waals surface area contributed by atoms with E-state index in [1.807, 2.05) is 6.92 Å². The zero-order chi connectivity index (χ0) is 13.5. The fourth-order valence-electron chi connectivity index (χ4n) is 1.48. The largest absolute Gasteiger partial charge is 0.500 e. The SMILES string of the molecule is C=C(C)C(=O)C(N)CC[Si](OC)(OC)OCC. The molecule has 5 nitrogen and oxygen atoms in total. The van der Waals surface area contributed by atoms with Crippen molar-refractivity contribution < 1.29 is 18.1 Å². The van der Waals surface area contributed by atoms with Crippen LogP contribution in [0.3, 0.4) is 0 Å². The van der Waals surface area contributed by atoms with E-state index in [0.29, 0.717) is 24.6 Å². The van der Waals surface area contributed by atoms with Crippen LogP contribution in [0.1, 0.15) is 20.3 Å². The molecule has 0 saturated carbocycles. The molecule has 0 saturated heterocycles. The summed E-state index contributed by atoms with van der Waals surface area (Å²) in [6.07, 6.45) is 0.472. The average molecular weight is 261 g/mol. The molecule has 0 fully saturated rings. The Morgan fingerprint density at radius 2 is 1.94 bits per heavy atom. The maximum atomic E-state index is 11.6. The Morgan fingerprint density at radius 3 is 2.29 bits per heavy atom. The lowest BCUT2D eigenvalue weighted by atomic mass is 10.1. The van der Waals surface area contributed by atoms with E-state index >= 15 is 0 Å². The highest BCUT2D eigenvalue weighted by atomic mass is 28.4. The molecule has 0 radical (unpaired) electrons. The molecule has 0 spiro atoms. The van der Waals surface area contributed by atoms with Gasteiger partial charge in [-0.15, -0.1) is 0 Å². The van der Waals surface area contributed by atoms with E-state index < -0.39 is 14.8 Å². The van der Waals surface area contributed by atoms with Crippen LogP contribution in [0.15, 0.2) is 12.2 Å². The molecule has 100 valence electrons. The Labute approximate surface area is 104 Å². The number of nitrogens with two attached hydrogens (primary N) is 1. The standard InChI is InChI=1S/C11H23NO4Si/c1-6-16-17(14-4,15-5)8-7-10(12)11(13)9(2)3/h10H,2,6-8,12H2,1,3-5H3. The lowest BCUT2D eigenvalue weighted by molar-refractivity contribution is -0.116. The number of rotatable bonds is 9. The van der Waals surface area contributed by atoms with Gasteiger partial charge in [0.25, 0.3) is 0 Å². The molecule has 0 aromatic rings. The molecular formula is C11H23NO4Si. The van der Waals surface area contributed by atoms with E-state index in [4.69, 9.17) is 19.0 Å². The average Bonchev–Trinajstić information content (AvgIpc) is 2.33. The summed E-state index contributed by atoms with van der Waals surface area (Å²) in [6, 6.07) is -0.0428. The van der Waals surface area contributed by atoms with Gasteiger partial charge in [0, 0.05) is 26.9 Å². The lowest BCUT2D eigenvalue weighted by Gasteiger charge is -2.26. The summed E-state index contributed by atoms with van der Waals surface area (Å²) >= 11 is 0. The predicted octanol–water partition coefficient (Wildman–Crippen LogP) is 1.12. The minimum Gasteiger partial charge on any atom is -0.377 e. The molecule has 6 heteroatoms. The fourth-order valence-corrected chi connectivity index (χ4v) is 3.54. The Bertz CT molecular complexity index is 266. The number of carbonyl (C=O) groups excluding carboxylic acids is 1. The summed E-state index contributed by atoms with van der Waals surface area (Å²) in [6.45, 7) is 7.63. The van der Waals surface area contributed by atoms with Gasteiger partial charge in [-0.3, -0.25) is 4.79 Å². The third-order valence-corrected chi connectivity index (χ3v) is 5.38. The summed E-state index contributed by atoms with van der Waals surface area (Å²) in [7, 11) is 0.457. The van der Waals surface area contributed by atoms with E-state index in [1.54, 1.807) is 21.1 Å². The Hall–Kier alpha value is -0.533. The highest BCUT2D eigenvalue weighted by molar-refractivity contribution is 6.60. The van der Waals surface area contributed by atoms with E-state index in [2.05, 4.69) is 6.58 Å². The maximum Gasteiger partial charge on any atom is 0.500 e. The van der Waals surface area contributed by atoms with Gasteiger partial charge in [-0.25, -0.2) is 0 Å². The van der Waals surface area contributed by atoms with Crippen molar-refractivity contribution in [2.75, 3.05) is 20.8 Å². The topological polar surface area (TPSA) is 70.8 Å². The van der Waals surface area contributed by atoms with Crippen molar-refractivity contribution in [3.8, 4) is 0 Å². The van der Waals surface area contributed by atoms with Crippen LogP contribution in [-0.2, 0) is 18.1 Å². The number of ketones is 1. The van der Waals surface area contributed by atoms with Crippen molar-refractivity contribution in [2.45, 2.75) is 32.4 Å². The van der Waals surface area contributed by atoms with Gasteiger partial charge in [0.15, 0.2) is 5.78 Å². The van der Waals surface area contributed by atoms with Crippen LogP contribution in [-0.4, -0.2) is 41.5 Å². The first kappa shape index (κ1) is 16.5. The van der Waals surface area contributed by atoms with Crippen molar-refractivity contribution in [1.82, 2.24) is 0 Å². The second-order valence-electron chi connectivity index (χ2n) is 3.81. The van der Waals surface area contributed by atoms with E-state index in [-0.39, 0.29) is 5.78 Å². The highest BCUT2D eigenvalue weighted by Crippen LogP contribution is 2.17. The zero-order valence-corrected chi connectivity index (χ0v) is 12.1. The van der Waals surface area contributed by atoms with Crippen LogP contribution < -0.4 is 5.73 Å². The van der Waals surface area contributed by atoms with Crippen LogP contribution in [0.5, 0.6) is 0 Å². The van der Waals surface area contributed by atoms with Gasteiger partial charge < -0.3 is 19.0 Å². The van der Waals surface area contributed by atoms with Gasteiger partial charge >= 0.3 is 8.80 Å². The van der Waals surface area contributed by atoms with Crippen LogP contribution in [0.4, 0.5) is 0 Å². The highest BCUT2D eigenvalue weighted by Gasteiger charge is 2.39. The lowest BCUT2D eigenvalue weighted by Crippen LogP contribution is -2.45. The Morgan fingerprint density at radius 1 is 1.41 bits per heavy atom. The minimum atomic E-state index is -2.65. The summed E-state index contributed by atoms with van der Waals surface area (Å²) in [4.78, 5) is 11.6. The number of hydrogen-bond acceptors (Lipinski definition) is 5. The van der Waals surface area contributed by atoms with Crippen molar-refractivity contribution in [3.05, 3.63) is 12.2 Å². The molecular weight excluding hydrogens is 238 g/mol. The predicted molar refractivity (Wildman–Crippen MR) is 68.6 cm³/mol. The normalized spacial score (nSPS) is 13.5. The molecule has 2 N–H and O–H groups in total. The second-order valence-corrected chi connectivity index (χ2v) is 6.79. The second kappa shape index (κ2) is 7.73. The molecule has 0 bridgehead atoms. The molecule has 0 aromatic heterocycles.